The van der Waals surface area contributed by atoms with Gasteiger partial charge in [-0.3, -0.25) is 4.90 Å². The molecule has 2 aromatic rings. The molecule has 0 unspecified atom stereocenters. The smallest absolute Gasteiger partial charge is 0.252 e. The standard InChI is InChI=1S/C14H18N2O2S3/c1-12-2-3-14(20-12)21(17,18)16-7-5-15(6-8-16)10-13-4-9-19-11-13/h2-4,9,11H,5-8,10H2,1H3. The summed E-state index contributed by atoms with van der Waals surface area (Å²) in [5, 5.41) is 4.23. The fourth-order valence-corrected chi connectivity index (χ4v) is 5.97. The van der Waals surface area contributed by atoms with Crippen molar-refractivity contribution >= 4 is 32.7 Å². The summed E-state index contributed by atoms with van der Waals surface area (Å²) in [7, 11) is -3.30. The Balaban J connectivity index is 1.63. The van der Waals surface area contributed by atoms with Crippen LogP contribution in [0.3, 0.4) is 0 Å². The van der Waals surface area contributed by atoms with Gasteiger partial charge in [0.05, 0.1) is 0 Å². The molecule has 0 aromatic carbocycles. The second-order valence-corrected chi connectivity index (χ2v) is 9.41. The second kappa shape index (κ2) is 6.18. The van der Waals surface area contributed by atoms with Crippen molar-refractivity contribution in [3.8, 4) is 0 Å². The lowest BCUT2D eigenvalue weighted by Crippen LogP contribution is -2.47. The SMILES string of the molecule is Cc1ccc(S(=O)(=O)N2CCN(Cc3ccsc3)CC2)s1. The van der Waals surface area contributed by atoms with Crippen LogP contribution in [0.15, 0.2) is 33.2 Å². The molecule has 3 heterocycles. The lowest BCUT2D eigenvalue weighted by molar-refractivity contribution is 0.182. The zero-order valence-corrected chi connectivity index (χ0v) is 14.3. The zero-order valence-electron chi connectivity index (χ0n) is 11.9. The highest BCUT2D eigenvalue weighted by Crippen LogP contribution is 2.25. The molecule has 0 atom stereocenters. The number of thiophene rings is 2. The summed E-state index contributed by atoms with van der Waals surface area (Å²) in [6, 6.07) is 5.71. The van der Waals surface area contributed by atoms with Crippen LogP contribution in [0.1, 0.15) is 10.4 Å². The Hall–Kier alpha value is -0.730. The van der Waals surface area contributed by atoms with Crippen LogP contribution in [-0.2, 0) is 16.6 Å². The average Bonchev–Trinajstić information content (AvgIpc) is 3.11. The number of aryl methyl sites for hydroxylation is 1. The molecule has 0 radical (unpaired) electrons. The van der Waals surface area contributed by atoms with Gasteiger partial charge in [-0.1, -0.05) is 0 Å². The predicted octanol–water partition coefficient (Wildman–Crippen LogP) is 2.62. The van der Waals surface area contributed by atoms with Crippen LogP contribution >= 0.6 is 22.7 Å². The topological polar surface area (TPSA) is 40.6 Å². The molecule has 0 spiro atoms. The minimum Gasteiger partial charge on any atom is -0.296 e. The average molecular weight is 343 g/mol. The molecule has 0 N–H and O–H groups in total. The summed E-state index contributed by atoms with van der Waals surface area (Å²) in [6.07, 6.45) is 0. The normalized spacial score (nSPS) is 18.1. The molecule has 0 aliphatic carbocycles. The lowest BCUT2D eigenvalue weighted by atomic mass is 10.3. The van der Waals surface area contributed by atoms with E-state index < -0.39 is 10.0 Å². The Morgan fingerprint density at radius 3 is 2.48 bits per heavy atom. The molecule has 114 valence electrons. The van der Waals surface area contributed by atoms with Gasteiger partial charge in [0.2, 0.25) is 0 Å². The minimum atomic E-state index is -3.30. The Labute approximate surface area is 133 Å². The van der Waals surface area contributed by atoms with Crippen molar-refractivity contribution in [3.63, 3.8) is 0 Å². The number of hydrogen-bond acceptors (Lipinski definition) is 5. The van der Waals surface area contributed by atoms with Crippen molar-refractivity contribution in [2.45, 2.75) is 17.7 Å². The van der Waals surface area contributed by atoms with E-state index in [1.165, 1.54) is 16.9 Å². The Kier molecular flexibility index (Phi) is 4.46. The first-order chi connectivity index (χ1) is 10.1. The van der Waals surface area contributed by atoms with E-state index in [0.29, 0.717) is 17.3 Å². The third-order valence-corrected chi connectivity index (χ3v) is 7.73. The van der Waals surface area contributed by atoms with Gasteiger partial charge in [0.1, 0.15) is 4.21 Å². The maximum Gasteiger partial charge on any atom is 0.252 e. The quantitative estimate of drug-likeness (QED) is 0.858. The highest BCUT2D eigenvalue weighted by atomic mass is 32.2. The molecule has 1 saturated heterocycles. The number of hydrogen-bond donors (Lipinski definition) is 0. The summed E-state index contributed by atoms with van der Waals surface area (Å²) in [6.45, 7) is 5.57. The van der Waals surface area contributed by atoms with Crippen molar-refractivity contribution < 1.29 is 8.42 Å². The lowest BCUT2D eigenvalue weighted by Gasteiger charge is -2.33. The van der Waals surface area contributed by atoms with Gasteiger partial charge in [-0.15, -0.1) is 11.3 Å². The van der Waals surface area contributed by atoms with Crippen LogP contribution in [0.2, 0.25) is 0 Å². The summed E-state index contributed by atoms with van der Waals surface area (Å²) >= 11 is 3.05. The van der Waals surface area contributed by atoms with Crippen molar-refractivity contribution in [1.82, 2.24) is 9.21 Å². The van der Waals surface area contributed by atoms with Crippen LogP contribution in [-0.4, -0.2) is 43.8 Å². The van der Waals surface area contributed by atoms with Crippen molar-refractivity contribution in [2.75, 3.05) is 26.2 Å². The molecule has 2 aromatic heterocycles. The third-order valence-electron chi connectivity index (χ3n) is 3.63. The molecule has 1 fully saturated rings. The first kappa shape index (κ1) is 15.2. The summed E-state index contributed by atoms with van der Waals surface area (Å²) < 4.78 is 27.2. The first-order valence-electron chi connectivity index (χ1n) is 6.86. The first-order valence-corrected chi connectivity index (χ1v) is 10.1. The van der Waals surface area contributed by atoms with Gasteiger partial charge >= 0.3 is 0 Å². The summed E-state index contributed by atoms with van der Waals surface area (Å²) in [4.78, 5) is 3.35. The maximum atomic E-state index is 12.5. The van der Waals surface area contributed by atoms with Crippen LogP contribution in [0.5, 0.6) is 0 Å². The van der Waals surface area contributed by atoms with E-state index >= 15 is 0 Å². The van der Waals surface area contributed by atoms with Crippen molar-refractivity contribution in [2.24, 2.45) is 0 Å². The van der Waals surface area contributed by atoms with E-state index in [1.54, 1.807) is 21.7 Å². The maximum absolute atomic E-state index is 12.5. The van der Waals surface area contributed by atoms with Gasteiger partial charge in [0.15, 0.2) is 0 Å². The van der Waals surface area contributed by atoms with Gasteiger partial charge in [-0.25, -0.2) is 8.42 Å². The molecular weight excluding hydrogens is 324 g/mol. The van der Waals surface area contributed by atoms with Crippen molar-refractivity contribution in [3.05, 3.63) is 39.4 Å². The highest BCUT2D eigenvalue weighted by molar-refractivity contribution is 7.91. The van der Waals surface area contributed by atoms with E-state index in [1.807, 2.05) is 13.0 Å². The van der Waals surface area contributed by atoms with Gasteiger partial charge in [-0.05, 0) is 41.4 Å². The molecule has 1 aliphatic heterocycles. The third kappa shape index (κ3) is 3.37. The van der Waals surface area contributed by atoms with E-state index in [2.05, 4.69) is 21.7 Å². The fourth-order valence-electron chi connectivity index (χ4n) is 2.45. The molecule has 3 rings (SSSR count). The molecule has 21 heavy (non-hydrogen) atoms. The van der Waals surface area contributed by atoms with E-state index in [4.69, 9.17) is 0 Å². The second-order valence-electron chi connectivity index (χ2n) is 5.18. The number of piperazine rings is 1. The van der Waals surface area contributed by atoms with Gasteiger partial charge in [0, 0.05) is 37.6 Å². The zero-order chi connectivity index (χ0) is 14.9. The summed E-state index contributed by atoms with van der Waals surface area (Å²) in [5.41, 5.74) is 1.31. The largest absolute Gasteiger partial charge is 0.296 e. The van der Waals surface area contributed by atoms with E-state index in [-0.39, 0.29) is 0 Å². The molecule has 0 saturated carbocycles. The van der Waals surface area contributed by atoms with Gasteiger partial charge < -0.3 is 0 Å². The van der Waals surface area contributed by atoms with Gasteiger partial charge in [-0.2, -0.15) is 15.6 Å². The molecule has 0 bridgehead atoms. The molecular formula is C14H18N2O2S3. The Morgan fingerprint density at radius 1 is 1.14 bits per heavy atom. The Morgan fingerprint density at radius 2 is 1.90 bits per heavy atom. The van der Waals surface area contributed by atoms with Crippen molar-refractivity contribution in [1.29, 1.82) is 0 Å². The number of nitrogens with zero attached hydrogens (tertiary/aromatic N) is 2. The molecule has 7 heteroatoms. The number of rotatable bonds is 4. The monoisotopic (exact) mass is 342 g/mol. The Bertz CT molecular complexity index is 684. The number of sulfonamides is 1. The van der Waals surface area contributed by atoms with E-state index in [9.17, 15) is 8.42 Å². The van der Waals surface area contributed by atoms with Crippen LogP contribution < -0.4 is 0 Å². The summed E-state index contributed by atoms with van der Waals surface area (Å²) in [5.74, 6) is 0. The molecule has 0 amide bonds. The van der Waals surface area contributed by atoms with Crippen LogP contribution in [0.4, 0.5) is 0 Å². The minimum absolute atomic E-state index is 0.464. The van der Waals surface area contributed by atoms with Crippen LogP contribution in [0.25, 0.3) is 0 Å². The molecule has 4 nitrogen and oxygen atoms in total. The van der Waals surface area contributed by atoms with Crippen LogP contribution in [0, 0.1) is 6.92 Å². The predicted molar refractivity (Wildman–Crippen MR) is 87.4 cm³/mol. The van der Waals surface area contributed by atoms with E-state index in [0.717, 1.165) is 24.5 Å². The fraction of sp³-hybridized carbons (Fsp3) is 0.429. The highest BCUT2D eigenvalue weighted by Gasteiger charge is 2.29. The van der Waals surface area contributed by atoms with Gasteiger partial charge in [0.25, 0.3) is 10.0 Å². The molecule has 1 aliphatic rings.